The molecule has 110 valence electrons. The maximum Gasteiger partial charge on any atom is 0.326 e. The van der Waals surface area contributed by atoms with Gasteiger partial charge in [0.05, 0.1) is 12.1 Å². The highest BCUT2D eigenvalue weighted by molar-refractivity contribution is 5.87. The molecule has 0 aromatic rings. The fourth-order valence-corrected chi connectivity index (χ4v) is 1.32. The number of nitrogens with one attached hydrogen (secondary N) is 1. The summed E-state index contributed by atoms with van der Waals surface area (Å²) in [5.41, 5.74) is 16.0. The number of nitrogens with two attached hydrogens (primary N) is 3. The minimum absolute atomic E-state index is 0.00992. The van der Waals surface area contributed by atoms with E-state index in [-0.39, 0.29) is 18.8 Å². The van der Waals surface area contributed by atoms with Gasteiger partial charge in [0, 0.05) is 0 Å². The fourth-order valence-electron chi connectivity index (χ4n) is 1.32. The van der Waals surface area contributed by atoms with Crippen molar-refractivity contribution in [1.29, 1.82) is 0 Å². The number of carbonyl (C=O) groups is 3. The Bertz CT molecular complexity index is 346. The molecule has 0 aliphatic heterocycles. The highest BCUT2D eigenvalue weighted by Crippen LogP contribution is 2.04. The van der Waals surface area contributed by atoms with E-state index >= 15 is 0 Å². The highest BCUT2D eigenvalue weighted by Gasteiger charge is 2.25. The zero-order valence-electron chi connectivity index (χ0n) is 11.1. The van der Waals surface area contributed by atoms with Gasteiger partial charge in [0.15, 0.2) is 0 Å². The van der Waals surface area contributed by atoms with Crippen molar-refractivity contribution in [3.8, 4) is 0 Å². The second kappa shape index (κ2) is 7.70. The van der Waals surface area contributed by atoms with E-state index in [2.05, 4.69) is 5.32 Å². The lowest BCUT2D eigenvalue weighted by molar-refractivity contribution is -0.142. The number of aliphatic carboxylic acids is 1. The number of carboxylic acids is 1. The van der Waals surface area contributed by atoms with Crippen LogP contribution in [-0.4, -0.2) is 41.0 Å². The molecule has 1 unspecified atom stereocenters. The van der Waals surface area contributed by atoms with E-state index in [9.17, 15) is 14.4 Å². The fraction of sp³-hybridized carbons (Fsp3) is 0.727. The van der Waals surface area contributed by atoms with E-state index in [1.807, 2.05) is 0 Å². The number of primary amides is 1. The smallest absolute Gasteiger partial charge is 0.326 e. The van der Waals surface area contributed by atoms with Gasteiger partial charge in [-0.25, -0.2) is 4.79 Å². The molecule has 3 atom stereocenters. The predicted molar refractivity (Wildman–Crippen MR) is 68.8 cm³/mol. The third-order valence-corrected chi connectivity index (χ3v) is 2.77. The molecule has 8 N–H and O–H groups in total. The van der Waals surface area contributed by atoms with E-state index in [1.165, 1.54) is 0 Å². The molecule has 0 aliphatic carbocycles. The Kier molecular flexibility index (Phi) is 7.02. The Hall–Kier alpha value is -1.67. The third-order valence-electron chi connectivity index (χ3n) is 2.77. The molecule has 0 radical (unpaired) electrons. The van der Waals surface area contributed by atoms with Gasteiger partial charge in [0.2, 0.25) is 11.8 Å². The zero-order chi connectivity index (χ0) is 15.2. The van der Waals surface area contributed by atoms with E-state index in [0.717, 1.165) is 0 Å². The van der Waals surface area contributed by atoms with Crippen LogP contribution in [0.15, 0.2) is 0 Å². The molecule has 0 fully saturated rings. The minimum Gasteiger partial charge on any atom is -0.480 e. The van der Waals surface area contributed by atoms with Crippen molar-refractivity contribution < 1.29 is 19.5 Å². The maximum absolute atomic E-state index is 11.7. The van der Waals surface area contributed by atoms with Crippen LogP contribution in [0.1, 0.15) is 26.7 Å². The van der Waals surface area contributed by atoms with Gasteiger partial charge in [-0.1, -0.05) is 13.8 Å². The predicted octanol–water partition coefficient (Wildman–Crippen LogP) is -1.87. The Labute approximate surface area is 111 Å². The highest BCUT2D eigenvalue weighted by atomic mass is 16.4. The van der Waals surface area contributed by atoms with E-state index in [1.54, 1.807) is 13.8 Å². The summed E-state index contributed by atoms with van der Waals surface area (Å²) in [7, 11) is 0. The first-order chi connectivity index (χ1) is 8.66. The molecule has 0 aromatic carbocycles. The topological polar surface area (TPSA) is 162 Å². The van der Waals surface area contributed by atoms with Crippen LogP contribution in [0.25, 0.3) is 0 Å². The monoisotopic (exact) mass is 274 g/mol. The standard InChI is InChI=1S/C11H22N4O4/c1-5(2)8(13)10(17)15-7(11(18)19)4-3-6(12)9(14)16/h5-8H,3-4,12-13H2,1-2H3,(H2,14,16)(H,15,17)(H,18,19)/t6?,7-,8-/m0/s1. The average Bonchev–Trinajstić information content (AvgIpc) is 2.31. The first-order valence-corrected chi connectivity index (χ1v) is 6.00. The van der Waals surface area contributed by atoms with Crippen molar-refractivity contribution in [3.63, 3.8) is 0 Å². The van der Waals surface area contributed by atoms with E-state index in [0.29, 0.717) is 0 Å². The first kappa shape index (κ1) is 17.3. The molecule has 8 heteroatoms. The average molecular weight is 274 g/mol. The summed E-state index contributed by atoms with van der Waals surface area (Å²) < 4.78 is 0. The Balaban J connectivity index is 4.47. The van der Waals surface area contributed by atoms with Crippen molar-refractivity contribution in [2.24, 2.45) is 23.1 Å². The normalized spacial score (nSPS) is 15.6. The van der Waals surface area contributed by atoms with E-state index < -0.39 is 35.9 Å². The summed E-state index contributed by atoms with van der Waals surface area (Å²) in [6.45, 7) is 3.51. The Morgan fingerprint density at radius 2 is 1.68 bits per heavy atom. The van der Waals surface area contributed by atoms with Gasteiger partial charge in [-0.15, -0.1) is 0 Å². The van der Waals surface area contributed by atoms with Crippen LogP contribution < -0.4 is 22.5 Å². The van der Waals surface area contributed by atoms with Gasteiger partial charge in [-0.3, -0.25) is 9.59 Å². The zero-order valence-corrected chi connectivity index (χ0v) is 11.1. The van der Waals surface area contributed by atoms with E-state index in [4.69, 9.17) is 22.3 Å². The Morgan fingerprint density at radius 3 is 2.05 bits per heavy atom. The largest absolute Gasteiger partial charge is 0.480 e. The molecule has 8 nitrogen and oxygen atoms in total. The van der Waals surface area contributed by atoms with Gasteiger partial charge in [-0.05, 0) is 18.8 Å². The lowest BCUT2D eigenvalue weighted by atomic mass is 10.0. The van der Waals surface area contributed by atoms with Gasteiger partial charge in [-0.2, -0.15) is 0 Å². The lowest BCUT2D eigenvalue weighted by Gasteiger charge is -2.20. The molecule has 0 saturated heterocycles. The number of amides is 2. The summed E-state index contributed by atoms with van der Waals surface area (Å²) in [6.07, 6.45) is 0.0828. The quantitative estimate of drug-likeness (QED) is 0.348. The van der Waals surface area contributed by atoms with Gasteiger partial charge >= 0.3 is 5.97 Å². The molecule has 19 heavy (non-hydrogen) atoms. The maximum atomic E-state index is 11.7. The molecular formula is C11H22N4O4. The van der Waals surface area contributed by atoms with Crippen LogP contribution in [0.3, 0.4) is 0 Å². The summed E-state index contributed by atoms with van der Waals surface area (Å²) in [6, 6.07) is -2.85. The number of carboxylic acid groups (broad SMARTS) is 1. The SMILES string of the molecule is CC(C)[C@H](N)C(=O)N[C@@H](CCC(N)C(N)=O)C(=O)O. The molecule has 0 heterocycles. The van der Waals surface area contributed by atoms with Crippen LogP contribution in [0, 0.1) is 5.92 Å². The van der Waals surface area contributed by atoms with Crippen molar-refractivity contribution in [2.75, 3.05) is 0 Å². The lowest BCUT2D eigenvalue weighted by Crippen LogP contribution is -2.51. The molecular weight excluding hydrogens is 252 g/mol. The van der Waals surface area contributed by atoms with Crippen molar-refractivity contribution in [2.45, 2.75) is 44.8 Å². The third kappa shape index (κ3) is 6.16. The Morgan fingerprint density at radius 1 is 1.16 bits per heavy atom. The second-order valence-electron chi connectivity index (χ2n) is 4.76. The second-order valence-corrected chi connectivity index (χ2v) is 4.76. The minimum atomic E-state index is -1.21. The molecule has 0 aliphatic rings. The number of hydrogen-bond donors (Lipinski definition) is 5. The molecule has 0 spiro atoms. The summed E-state index contributed by atoms with van der Waals surface area (Å²) in [5.74, 6) is -2.58. The molecule has 0 saturated carbocycles. The van der Waals surface area contributed by atoms with Crippen LogP contribution >= 0.6 is 0 Å². The summed E-state index contributed by atoms with van der Waals surface area (Å²) >= 11 is 0. The van der Waals surface area contributed by atoms with Crippen LogP contribution in [0.5, 0.6) is 0 Å². The molecule has 0 rings (SSSR count). The van der Waals surface area contributed by atoms with Crippen molar-refractivity contribution in [3.05, 3.63) is 0 Å². The molecule has 2 amide bonds. The van der Waals surface area contributed by atoms with Crippen LogP contribution in [0.4, 0.5) is 0 Å². The van der Waals surface area contributed by atoms with Gasteiger partial charge < -0.3 is 27.6 Å². The number of hydrogen-bond acceptors (Lipinski definition) is 5. The summed E-state index contributed by atoms with van der Waals surface area (Å²) in [5, 5.41) is 11.3. The van der Waals surface area contributed by atoms with Gasteiger partial charge in [0.25, 0.3) is 0 Å². The number of rotatable bonds is 8. The molecule has 0 bridgehead atoms. The van der Waals surface area contributed by atoms with Crippen LogP contribution in [-0.2, 0) is 14.4 Å². The molecule has 0 aromatic heterocycles. The number of carbonyl (C=O) groups excluding carboxylic acids is 2. The summed E-state index contributed by atoms with van der Waals surface area (Å²) in [4.78, 5) is 33.4. The first-order valence-electron chi connectivity index (χ1n) is 6.00. The van der Waals surface area contributed by atoms with Crippen molar-refractivity contribution in [1.82, 2.24) is 5.32 Å². The van der Waals surface area contributed by atoms with Gasteiger partial charge in [0.1, 0.15) is 6.04 Å². The van der Waals surface area contributed by atoms with Crippen LogP contribution in [0.2, 0.25) is 0 Å². The van der Waals surface area contributed by atoms with Crippen molar-refractivity contribution >= 4 is 17.8 Å².